The standard InChI is InChI=1S/C22H25NO3/c1-17(2)14-15-26-20-11-9-19(10-12-20)21(24)16-23-22(25)13-8-18-6-4-3-5-7-18/h3-14,21,24H,15-16H2,1-2H3,(H,23,25)/b13-8+/t21-/m0/s1. The first-order valence-corrected chi connectivity index (χ1v) is 8.60. The van der Waals surface area contributed by atoms with E-state index in [1.807, 2.05) is 62.4 Å². The van der Waals surface area contributed by atoms with Crippen molar-refractivity contribution in [3.8, 4) is 5.75 Å². The SMILES string of the molecule is CC(C)=CCOc1ccc([C@@H](O)CNC(=O)/C=C/c2ccccc2)cc1. The Labute approximate surface area is 154 Å². The summed E-state index contributed by atoms with van der Waals surface area (Å²) in [5.74, 6) is 0.503. The number of hydrogen-bond acceptors (Lipinski definition) is 3. The van der Waals surface area contributed by atoms with E-state index in [2.05, 4.69) is 5.32 Å². The maximum atomic E-state index is 11.8. The highest BCUT2D eigenvalue weighted by Crippen LogP contribution is 2.17. The van der Waals surface area contributed by atoms with Gasteiger partial charge >= 0.3 is 0 Å². The summed E-state index contributed by atoms with van der Waals surface area (Å²) in [4.78, 5) is 11.8. The molecule has 1 amide bonds. The minimum absolute atomic E-state index is 0.149. The summed E-state index contributed by atoms with van der Waals surface area (Å²) >= 11 is 0. The molecule has 0 spiro atoms. The van der Waals surface area contributed by atoms with Gasteiger partial charge in [-0.15, -0.1) is 0 Å². The predicted octanol–water partition coefficient (Wildman–Crippen LogP) is 3.89. The Balaban J connectivity index is 1.80. The third-order valence-electron chi connectivity index (χ3n) is 3.70. The van der Waals surface area contributed by atoms with Gasteiger partial charge in [0.25, 0.3) is 0 Å². The lowest BCUT2D eigenvalue weighted by Crippen LogP contribution is -2.26. The van der Waals surface area contributed by atoms with Gasteiger partial charge in [-0.1, -0.05) is 48.0 Å². The van der Waals surface area contributed by atoms with E-state index < -0.39 is 6.10 Å². The molecular formula is C22H25NO3. The van der Waals surface area contributed by atoms with Crippen molar-refractivity contribution in [2.45, 2.75) is 20.0 Å². The van der Waals surface area contributed by atoms with E-state index in [0.717, 1.165) is 16.9 Å². The molecule has 136 valence electrons. The molecule has 2 aromatic rings. The molecule has 0 radical (unpaired) electrons. The van der Waals surface area contributed by atoms with Gasteiger partial charge in [0.15, 0.2) is 0 Å². The second-order valence-corrected chi connectivity index (χ2v) is 6.17. The predicted molar refractivity (Wildman–Crippen MR) is 105 cm³/mol. The maximum absolute atomic E-state index is 11.8. The van der Waals surface area contributed by atoms with Crippen LogP contribution < -0.4 is 10.1 Å². The largest absolute Gasteiger partial charge is 0.490 e. The number of amides is 1. The number of carbonyl (C=O) groups excluding carboxylic acids is 1. The lowest BCUT2D eigenvalue weighted by Gasteiger charge is -2.12. The number of ether oxygens (including phenoxy) is 1. The van der Waals surface area contributed by atoms with Crippen LogP contribution in [0.3, 0.4) is 0 Å². The third-order valence-corrected chi connectivity index (χ3v) is 3.70. The highest BCUT2D eigenvalue weighted by atomic mass is 16.5. The summed E-state index contributed by atoms with van der Waals surface area (Å²) in [6.45, 7) is 4.71. The molecule has 0 aliphatic carbocycles. The number of hydrogen-bond donors (Lipinski definition) is 2. The van der Waals surface area contributed by atoms with E-state index >= 15 is 0 Å². The number of aliphatic hydroxyl groups is 1. The fourth-order valence-electron chi connectivity index (χ4n) is 2.20. The zero-order chi connectivity index (χ0) is 18.8. The second-order valence-electron chi connectivity index (χ2n) is 6.17. The molecule has 4 nitrogen and oxygen atoms in total. The van der Waals surface area contributed by atoms with Crippen molar-refractivity contribution in [1.29, 1.82) is 0 Å². The summed E-state index contributed by atoms with van der Waals surface area (Å²) in [7, 11) is 0. The van der Waals surface area contributed by atoms with E-state index in [1.165, 1.54) is 11.6 Å². The average molecular weight is 351 g/mol. The summed E-state index contributed by atoms with van der Waals surface area (Å²) in [5.41, 5.74) is 2.88. The first kappa shape index (κ1) is 19.5. The van der Waals surface area contributed by atoms with Gasteiger partial charge in [0.05, 0.1) is 6.10 Å². The van der Waals surface area contributed by atoms with Gasteiger partial charge in [-0.3, -0.25) is 4.79 Å². The van der Waals surface area contributed by atoms with Crippen molar-refractivity contribution in [1.82, 2.24) is 5.32 Å². The summed E-state index contributed by atoms with van der Waals surface area (Å²) in [6.07, 6.45) is 4.43. The van der Waals surface area contributed by atoms with E-state index in [9.17, 15) is 9.90 Å². The topological polar surface area (TPSA) is 58.6 Å². The Morgan fingerprint density at radius 3 is 2.46 bits per heavy atom. The van der Waals surface area contributed by atoms with Gasteiger partial charge in [-0.05, 0) is 49.3 Å². The fraction of sp³-hybridized carbons (Fsp3) is 0.227. The smallest absolute Gasteiger partial charge is 0.244 e. The van der Waals surface area contributed by atoms with Crippen LogP contribution in [0.4, 0.5) is 0 Å². The molecule has 2 N–H and O–H groups in total. The first-order chi connectivity index (χ1) is 12.5. The Bertz CT molecular complexity index is 745. The Kier molecular flexibility index (Phi) is 7.65. The Hall–Kier alpha value is -2.85. The van der Waals surface area contributed by atoms with Gasteiger partial charge < -0.3 is 15.2 Å². The first-order valence-electron chi connectivity index (χ1n) is 8.60. The molecule has 0 unspecified atom stereocenters. The van der Waals surface area contributed by atoms with Crippen LogP contribution in [0.15, 0.2) is 72.3 Å². The number of aliphatic hydroxyl groups excluding tert-OH is 1. The molecule has 0 aliphatic rings. The zero-order valence-corrected chi connectivity index (χ0v) is 15.2. The van der Waals surface area contributed by atoms with Crippen LogP contribution in [0, 0.1) is 0 Å². The normalized spacial score (nSPS) is 11.8. The molecular weight excluding hydrogens is 326 g/mol. The van der Waals surface area contributed by atoms with Crippen molar-refractivity contribution in [3.05, 3.63) is 83.4 Å². The van der Waals surface area contributed by atoms with Gasteiger partial charge in [-0.25, -0.2) is 0 Å². The van der Waals surface area contributed by atoms with Crippen molar-refractivity contribution in [3.63, 3.8) is 0 Å². The minimum atomic E-state index is -0.768. The average Bonchev–Trinajstić information content (AvgIpc) is 2.65. The summed E-state index contributed by atoms with van der Waals surface area (Å²) in [6, 6.07) is 16.8. The van der Waals surface area contributed by atoms with Crippen molar-refractivity contribution < 1.29 is 14.6 Å². The van der Waals surface area contributed by atoms with Crippen molar-refractivity contribution >= 4 is 12.0 Å². The molecule has 0 aliphatic heterocycles. The molecule has 0 fully saturated rings. The highest BCUT2D eigenvalue weighted by Gasteiger charge is 2.08. The van der Waals surface area contributed by atoms with Crippen LogP contribution in [0.5, 0.6) is 5.75 Å². The van der Waals surface area contributed by atoms with E-state index in [-0.39, 0.29) is 12.5 Å². The molecule has 0 bridgehead atoms. The van der Waals surface area contributed by atoms with Crippen molar-refractivity contribution in [2.75, 3.05) is 13.2 Å². The van der Waals surface area contributed by atoms with E-state index in [1.54, 1.807) is 18.2 Å². The molecule has 0 saturated carbocycles. The van der Waals surface area contributed by atoms with Gasteiger partial charge in [0.2, 0.25) is 5.91 Å². The fourth-order valence-corrected chi connectivity index (χ4v) is 2.20. The Morgan fingerprint density at radius 1 is 1.12 bits per heavy atom. The molecule has 2 rings (SSSR count). The summed E-state index contributed by atoms with van der Waals surface area (Å²) < 4.78 is 5.59. The number of allylic oxidation sites excluding steroid dienone is 1. The van der Waals surface area contributed by atoms with Gasteiger partial charge in [0.1, 0.15) is 12.4 Å². The van der Waals surface area contributed by atoms with Crippen LogP contribution in [0.1, 0.15) is 31.1 Å². The number of nitrogens with one attached hydrogen (secondary N) is 1. The number of carbonyl (C=O) groups is 1. The third kappa shape index (κ3) is 6.95. The summed E-state index contributed by atoms with van der Waals surface area (Å²) in [5, 5.41) is 12.9. The van der Waals surface area contributed by atoms with Gasteiger partial charge in [-0.2, -0.15) is 0 Å². The lowest BCUT2D eigenvalue weighted by molar-refractivity contribution is -0.116. The zero-order valence-electron chi connectivity index (χ0n) is 15.2. The lowest BCUT2D eigenvalue weighted by atomic mass is 10.1. The molecule has 1 atom stereocenters. The molecule has 4 heteroatoms. The van der Waals surface area contributed by atoms with Crippen LogP contribution >= 0.6 is 0 Å². The molecule has 0 aromatic heterocycles. The van der Waals surface area contributed by atoms with Crippen LogP contribution in [0.25, 0.3) is 6.08 Å². The van der Waals surface area contributed by atoms with Crippen LogP contribution in [-0.4, -0.2) is 24.2 Å². The minimum Gasteiger partial charge on any atom is -0.490 e. The van der Waals surface area contributed by atoms with Crippen LogP contribution in [0.2, 0.25) is 0 Å². The number of rotatable bonds is 8. The second kappa shape index (κ2) is 10.2. The maximum Gasteiger partial charge on any atom is 0.244 e. The highest BCUT2D eigenvalue weighted by molar-refractivity contribution is 5.91. The monoisotopic (exact) mass is 351 g/mol. The quantitative estimate of drug-likeness (QED) is 0.560. The molecule has 2 aromatic carbocycles. The molecule has 0 saturated heterocycles. The Morgan fingerprint density at radius 2 is 1.81 bits per heavy atom. The van der Waals surface area contributed by atoms with Crippen molar-refractivity contribution in [2.24, 2.45) is 0 Å². The number of benzene rings is 2. The van der Waals surface area contributed by atoms with E-state index in [4.69, 9.17) is 4.74 Å². The van der Waals surface area contributed by atoms with E-state index in [0.29, 0.717) is 6.61 Å². The van der Waals surface area contributed by atoms with Gasteiger partial charge in [0, 0.05) is 12.6 Å². The molecule has 0 heterocycles. The molecule has 26 heavy (non-hydrogen) atoms. The van der Waals surface area contributed by atoms with Crippen LogP contribution in [-0.2, 0) is 4.79 Å².